The Kier molecular flexibility index (Phi) is 2.38. The molecule has 0 atom stereocenters. The van der Waals surface area contributed by atoms with Crippen LogP contribution < -0.4 is 0 Å². The molecule has 0 spiro atoms. The second-order valence-corrected chi connectivity index (χ2v) is 5.69. The van der Waals surface area contributed by atoms with Crippen LogP contribution >= 0.6 is 0 Å². The van der Waals surface area contributed by atoms with Gasteiger partial charge in [-0.2, -0.15) is 0 Å². The van der Waals surface area contributed by atoms with Gasteiger partial charge in [-0.25, -0.2) is 4.98 Å². The third-order valence-corrected chi connectivity index (χ3v) is 2.95. The molecule has 1 aliphatic rings. The summed E-state index contributed by atoms with van der Waals surface area (Å²) < 4.78 is 8.26. The number of aromatic nitrogens is 2. The Balaban J connectivity index is 2.21. The summed E-state index contributed by atoms with van der Waals surface area (Å²) in [6, 6.07) is 0.506. The Hall–Kier alpha value is -0.830. The summed E-state index contributed by atoms with van der Waals surface area (Å²) in [5, 5.41) is 0. The summed E-state index contributed by atoms with van der Waals surface area (Å²) in [7, 11) is 0. The van der Waals surface area contributed by atoms with Crippen molar-refractivity contribution >= 4 is 0 Å². The molecule has 0 unspecified atom stereocenters. The first kappa shape index (κ1) is 10.7. The predicted octanol–water partition coefficient (Wildman–Crippen LogP) is 2.79. The van der Waals surface area contributed by atoms with Crippen molar-refractivity contribution in [3.8, 4) is 0 Å². The van der Waals surface area contributed by atoms with Crippen LogP contribution in [0.3, 0.4) is 0 Å². The van der Waals surface area contributed by atoms with Crippen LogP contribution in [0.1, 0.15) is 46.6 Å². The first-order chi connectivity index (χ1) is 6.88. The smallest absolute Gasteiger partial charge is 0.0948 e. The fourth-order valence-electron chi connectivity index (χ4n) is 2.73. The Morgan fingerprint density at radius 1 is 1.20 bits per heavy atom. The average Bonchev–Trinajstić information content (AvgIpc) is 2.48. The SMILES string of the molecule is CC1(C)CC(n2ccnc2)CC(C)(C)O1. The van der Waals surface area contributed by atoms with Crippen LogP contribution in [0.15, 0.2) is 18.7 Å². The van der Waals surface area contributed by atoms with Gasteiger partial charge in [0.1, 0.15) is 0 Å². The Bertz CT molecular complexity index is 311. The lowest BCUT2D eigenvalue weighted by molar-refractivity contribution is -0.169. The lowest BCUT2D eigenvalue weighted by Crippen LogP contribution is -2.45. The standard InChI is InChI=1S/C12H20N2O/c1-11(2)7-10(8-12(3,4)15-11)14-6-5-13-9-14/h5-6,9-10H,7-8H2,1-4H3. The highest BCUT2D eigenvalue weighted by Gasteiger charge is 2.39. The van der Waals surface area contributed by atoms with Crippen molar-refractivity contribution in [3.05, 3.63) is 18.7 Å². The van der Waals surface area contributed by atoms with E-state index in [0.717, 1.165) is 12.8 Å². The van der Waals surface area contributed by atoms with Gasteiger partial charge < -0.3 is 9.30 Å². The van der Waals surface area contributed by atoms with E-state index in [0.29, 0.717) is 6.04 Å². The van der Waals surface area contributed by atoms with E-state index < -0.39 is 0 Å². The van der Waals surface area contributed by atoms with Gasteiger partial charge in [0.05, 0.1) is 17.5 Å². The molecule has 2 heterocycles. The lowest BCUT2D eigenvalue weighted by atomic mass is 9.85. The van der Waals surface area contributed by atoms with Gasteiger partial charge in [-0.05, 0) is 40.5 Å². The summed E-state index contributed by atoms with van der Waals surface area (Å²) in [4.78, 5) is 4.12. The largest absolute Gasteiger partial charge is 0.370 e. The number of hydrogen-bond acceptors (Lipinski definition) is 2. The molecular weight excluding hydrogens is 188 g/mol. The third kappa shape index (κ3) is 2.40. The highest BCUT2D eigenvalue weighted by molar-refractivity contribution is 4.93. The number of rotatable bonds is 1. The van der Waals surface area contributed by atoms with Crippen LogP contribution in [0.25, 0.3) is 0 Å². The van der Waals surface area contributed by atoms with Gasteiger partial charge in [0.2, 0.25) is 0 Å². The van der Waals surface area contributed by atoms with Crippen LogP contribution in [0, 0.1) is 0 Å². The fraction of sp³-hybridized carbons (Fsp3) is 0.750. The summed E-state index contributed by atoms with van der Waals surface area (Å²) in [6.07, 6.45) is 7.89. The van der Waals surface area contributed by atoms with E-state index in [-0.39, 0.29) is 11.2 Å². The van der Waals surface area contributed by atoms with E-state index in [9.17, 15) is 0 Å². The van der Waals surface area contributed by atoms with E-state index in [2.05, 4.69) is 37.2 Å². The van der Waals surface area contributed by atoms with Crippen LogP contribution in [0.4, 0.5) is 0 Å². The molecule has 0 radical (unpaired) electrons. The van der Waals surface area contributed by atoms with Crippen molar-refractivity contribution in [2.24, 2.45) is 0 Å². The Labute approximate surface area is 91.5 Å². The number of hydrogen-bond donors (Lipinski definition) is 0. The molecule has 2 rings (SSSR count). The highest BCUT2D eigenvalue weighted by atomic mass is 16.5. The monoisotopic (exact) mass is 208 g/mol. The summed E-state index contributed by atoms with van der Waals surface area (Å²) >= 11 is 0. The van der Waals surface area contributed by atoms with E-state index >= 15 is 0 Å². The van der Waals surface area contributed by atoms with E-state index in [1.54, 1.807) is 0 Å². The van der Waals surface area contributed by atoms with Gasteiger partial charge in [-0.15, -0.1) is 0 Å². The van der Waals surface area contributed by atoms with Crippen LogP contribution in [-0.4, -0.2) is 20.8 Å². The predicted molar refractivity (Wildman–Crippen MR) is 59.7 cm³/mol. The Morgan fingerprint density at radius 2 is 1.80 bits per heavy atom. The number of nitrogens with zero attached hydrogens (tertiary/aromatic N) is 2. The van der Waals surface area contributed by atoms with Crippen molar-refractivity contribution in [1.82, 2.24) is 9.55 Å². The lowest BCUT2D eigenvalue weighted by Gasteiger charge is -2.45. The summed E-state index contributed by atoms with van der Waals surface area (Å²) in [6.45, 7) is 8.66. The zero-order chi connectivity index (χ0) is 11.1. The molecule has 0 aliphatic carbocycles. The van der Waals surface area contributed by atoms with Gasteiger partial charge in [-0.3, -0.25) is 0 Å². The zero-order valence-corrected chi connectivity index (χ0v) is 10.0. The molecule has 1 aromatic heterocycles. The normalized spacial score (nSPS) is 25.3. The molecule has 0 aromatic carbocycles. The second-order valence-electron chi connectivity index (χ2n) is 5.69. The molecule has 0 saturated carbocycles. The van der Waals surface area contributed by atoms with Crippen molar-refractivity contribution in [2.45, 2.75) is 57.8 Å². The molecule has 15 heavy (non-hydrogen) atoms. The molecule has 1 saturated heterocycles. The molecule has 3 nitrogen and oxygen atoms in total. The zero-order valence-electron chi connectivity index (χ0n) is 10.0. The number of imidazole rings is 1. The van der Waals surface area contributed by atoms with Gasteiger partial charge in [0, 0.05) is 18.4 Å². The van der Waals surface area contributed by atoms with Crippen molar-refractivity contribution in [2.75, 3.05) is 0 Å². The molecule has 1 aliphatic heterocycles. The summed E-state index contributed by atoms with van der Waals surface area (Å²) in [5.41, 5.74) is -0.0899. The Morgan fingerprint density at radius 3 is 2.27 bits per heavy atom. The van der Waals surface area contributed by atoms with Crippen molar-refractivity contribution < 1.29 is 4.74 Å². The first-order valence-corrected chi connectivity index (χ1v) is 5.56. The molecule has 0 bridgehead atoms. The summed E-state index contributed by atoms with van der Waals surface area (Å²) in [5.74, 6) is 0. The van der Waals surface area contributed by atoms with Crippen molar-refractivity contribution in [3.63, 3.8) is 0 Å². The van der Waals surface area contributed by atoms with E-state index in [1.807, 2.05) is 18.7 Å². The van der Waals surface area contributed by atoms with Gasteiger partial charge in [0.25, 0.3) is 0 Å². The molecular formula is C12H20N2O. The maximum atomic E-state index is 6.06. The average molecular weight is 208 g/mol. The van der Waals surface area contributed by atoms with Gasteiger partial charge in [0.15, 0.2) is 0 Å². The third-order valence-electron chi connectivity index (χ3n) is 2.95. The van der Waals surface area contributed by atoms with E-state index in [1.165, 1.54) is 0 Å². The maximum absolute atomic E-state index is 6.06. The highest BCUT2D eigenvalue weighted by Crippen LogP contribution is 2.40. The van der Waals surface area contributed by atoms with Crippen molar-refractivity contribution in [1.29, 1.82) is 0 Å². The van der Waals surface area contributed by atoms with Gasteiger partial charge in [-0.1, -0.05) is 0 Å². The van der Waals surface area contributed by atoms with Gasteiger partial charge >= 0.3 is 0 Å². The fourth-order valence-corrected chi connectivity index (χ4v) is 2.73. The molecule has 1 aromatic rings. The molecule has 84 valence electrons. The molecule has 3 heteroatoms. The number of ether oxygens (including phenoxy) is 1. The quantitative estimate of drug-likeness (QED) is 0.709. The van der Waals surface area contributed by atoms with E-state index in [4.69, 9.17) is 4.74 Å². The minimum absolute atomic E-state index is 0.0450. The second kappa shape index (κ2) is 3.34. The molecule has 1 fully saturated rings. The maximum Gasteiger partial charge on any atom is 0.0948 e. The topological polar surface area (TPSA) is 27.1 Å². The molecule has 0 amide bonds. The van der Waals surface area contributed by atoms with Crippen LogP contribution in [0.5, 0.6) is 0 Å². The minimum Gasteiger partial charge on any atom is -0.370 e. The minimum atomic E-state index is -0.0450. The van der Waals surface area contributed by atoms with Crippen LogP contribution in [0.2, 0.25) is 0 Å². The first-order valence-electron chi connectivity index (χ1n) is 5.56. The van der Waals surface area contributed by atoms with Crippen LogP contribution in [-0.2, 0) is 4.74 Å². The molecule has 0 N–H and O–H groups in total.